The monoisotopic (exact) mass is 463 g/mol. The van der Waals surface area contributed by atoms with Crippen LogP contribution in [-0.2, 0) is 14.3 Å². The number of aromatic nitrogens is 2. The third-order valence-electron chi connectivity index (χ3n) is 5.75. The zero-order valence-corrected chi connectivity index (χ0v) is 17.3. The number of likely N-dealkylation sites (tertiary alicyclic amines) is 1. The molecule has 0 spiro atoms. The summed E-state index contributed by atoms with van der Waals surface area (Å²) in [7, 11) is 0. The number of alkyl halides is 3. The molecular weight excluding hydrogens is 438 g/mol. The highest BCUT2D eigenvalue weighted by molar-refractivity contribution is 5.78. The number of anilines is 1. The Kier molecular flexibility index (Phi) is 7.82. The molecule has 1 aromatic rings. The third-order valence-corrected chi connectivity index (χ3v) is 5.75. The molecule has 1 N–H and O–H groups in total. The summed E-state index contributed by atoms with van der Waals surface area (Å²) in [5.41, 5.74) is 0. The molecule has 4 rings (SSSR count). The van der Waals surface area contributed by atoms with Crippen molar-refractivity contribution in [1.29, 1.82) is 0 Å². The first-order valence-electron chi connectivity index (χ1n) is 10.3. The maximum Gasteiger partial charge on any atom is 0.490 e. The topological polar surface area (TPSA) is 99.1 Å². The first-order valence-corrected chi connectivity index (χ1v) is 10.3. The van der Waals surface area contributed by atoms with E-state index >= 15 is 0 Å². The predicted octanol–water partition coefficient (Wildman–Crippen LogP) is 1.15. The molecule has 4 heterocycles. The van der Waals surface area contributed by atoms with Crippen molar-refractivity contribution < 1.29 is 37.0 Å². The summed E-state index contributed by atoms with van der Waals surface area (Å²) < 4.78 is 50.2. The molecular formula is C19H25F4N5O4. The number of piperidine rings is 1. The number of morpholine rings is 1. The van der Waals surface area contributed by atoms with Gasteiger partial charge in [0.05, 0.1) is 37.7 Å². The summed E-state index contributed by atoms with van der Waals surface area (Å²) in [6, 6.07) is 0.434. The molecule has 0 unspecified atom stereocenters. The molecule has 13 heteroatoms. The lowest BCUT2D eigenvalue weighted by Gasteiger charge is -2.40. The van der Waals surface area contributed by atoms with Gasteiger partial charge < -0.3 is 19.6 Å². The van der Waals surface area contributed by atoms with E-state index < -0.39 is 18.0 Å². The van der Waals surface area contributed by atoms with Crippen LogP contribution < -0.4 is 4.90 Å². The van der Waals surface area contributed by atoms with Crippen LogP contribution >= 0.6 is 0 Å². The molecule has 0 aromatic carbocycles. The third kappa shape index (κ3) is 6.03. The van der Waals surface area contributed by atoms with E-state index in [0.717, 1.165) is 58.8 Å². The summed E-state index contributed by atoms with van der Waals surface area (Å²) in [5, 5.41) is 7.12. The minimum absolute atomic E-state index is 0.205. The molecule has 32 heavy (non-hydrogen) atoms. The van der Waals surface area contributed by atoms with Crippen LogP contribution in [0.2, 0.25) is 0 Å². The standard InChI is InChI=1S/C17H24FN5O2.C2HF3O2/c18-13-11-19-17(20-12-13)23-4-3-15-14(23)1-2-16(24)22(15)6-5-21-7-9-25-10-8-21;3-2(4,5)1(6)7/h11-12,14-15H,1-10H2;(H,6,7)/t14-,15-;/m0./s1. The fourth-order valence-electron chi connectivity index (χ4n) is 4.22. The normalized spacial score (nSPS) is 24.1. The molecule has 178 valence electrons. The molecule has 0 aliphatic carbocycles. The van der Waals surface area contributed by atoms with Gasteiger partial charge in [0.1, 0.15) is 0 Å². The highest BCUT2D eigenvalue weighted by Crippen LogP contribution is 2.33. The van der Waals surface area contributed by atoms with Gasteiger partial charge in [-0.1, -0.05) is 0 Å². The van der Waals surface area contributed by atoms with Gasteiger partial charge in [0.15, 0.2) is 5.82 Å². The lowest BCUT2D eigenvalue weighted by atomic mass is 9.96. The number of carbonyl (C=O) groups is 2. The first-order chi connectivity index (χ1) is 15.2. The van der Waals surface area contributed by atoms with Crippen LogP contribution in [-0.4, -0.2) is 101 Å². The van der Waals surface area contributed by atoms with Gasteiger partial charge in [-0.3, -0.25) is 9.69 Å². The fourth-order valence-corrected chi connectivity index (χ4v) is 4.22. The van der Waals surface area contributed by atoms with E-state index in [0.29, 0.717) is 12.4 Å². The molecule has 0 saturated carbocycles. The van der Waals surface area contributed by atoms with Crippen LogP contribution in [0.5, 0.6) is 0 Å². The van der Waals surface area contributed by atoms with Gasteiger partial charge >= 0.3 is 12.1 Å². The van der Waals surface area contributed by atoms with Gasteiger partial charge in [-0.15, -0.1) is 0 Å². The Morgan fingerprint density at radius 1 is 1.09 bits per heavy atom. The number of hydrogen-bond acceptors (Lipinski definition) is 7. The number of ether oxygens (including phenoxy) is 1. The zero-order chi connectivity index (χ0) is 23.3. The Labute approximate surface area is 182 Å². The molecule has 3 aliphatic heterocycles. The minimum atomic E-state index is -5.08. The number of carboxylic acid groups (broad SMARTS) is 1. The molecule has 0 bridgehead atoms. The number of aliphatic carboxylic acids is 1. The van der Waals surface area contributed by atoms with Crippen molar-refractivity contribution in [2.45, 2.75) is 37.5 Å². The number of fused-ring (bicyclic) bond motifs is 1. The Hall–Kier alpha value is -2.54. The average molecular weight is 463 g/mol. The number of hydrogen-bond donors (Lipinski definition) is 1. The van der Waals surface area contributed by atoms with Crippen molar-refractivity contribution in [2.75, 3.05) is 50.8 Å². The lowest BCUT2D eigenvalue weighted by molar-refractivity contribution is -0.192. The quantitative estimate of drug-likeness (QED) is 0.665. The van der Waals surface area contributed by atoms with Crippen LogP contribution in [0, 0.1) is 5.82 Å². The summed E-state index contributed by atoms with van der Waals surface area (Å²) in [4.78, 5) is 36.2. The second kappa shape index (κ2) is 10.4. The van der Waals surface area contributed by atoms with Crippen LogP contribution in [0.3, 0.4) is 0 Å². The minimum Gasteiger partial charge on any atom is -0.475 e. The number of amides is 1. The number of carboxylic acids is 1. The summed E-state index contributed by atoms with van der Waals surface area (Å²) in [5.74, 6) is -2.37. The largest absolute Gasteiger partial charge is 0.490 e. The Morgan fingerprint density at radius 2 is 1.72 bits per heavy atom. The molecule has 3 fully saturated rings. The van der Waals surface area contributed by atoms with Gasteiger partial charge in [-0.05, 0) is 12.8 Å². The van der Waals surface area contributed by atoms with Crippen molar-refractivity contribution in [1.82, 2.24) is 19.8 Å². The van der Waals surface area contributed by atoms with Crippen molar-refractivity contribution in [2.24, 2.45) is 0 Å². The molecule has 1 amide bonds. The second-order valence-electron chi connectivity index (χ2n) is 7.70. The van der Waals surface area contributed by atoms with Crippen molar-refractivity contribution in [3.63, 3.8) is 0 Å². The number of carbonyl (C=O) groups excluding carboxylic acids is 1. The van der Waals surface area contributed by atoms with Crippen LogP contribution in [0.25, 0.3) is 0 Å². The van der Waals surface area contributed by atoms with Gasteiger partial charge in [-0.25, -0.2) is 19.2 Å². The molecule has 9 nitrogen and oxygen atoms in total. The average Bonchev–Trinajstić information content (AvgIpc) is 3.18. The van der Waals surface area contributed by atoms with Crippen molar-refractivity contribution in [3.8, 4) is 0 Å². The maximum absolute atomic E-state index is 13.1. The number of rotatable bonds is 4. The molecule has 2 atom stereocenters. The zero-order valence-electron chi connectivity index (χ0n) is 17.3. The molecule has 3 saturated heterocycles. The van der Waals surface area contributed by atoms with E-state index in [1.165, 1.54) is 12.4 Å². The lowest BCUT2D eigenvalue weighted by Crippen LogP contribution is -2.54. The number of nitrogens with zero attached hydrogens (tertiary/aromatic N) is 5. The highest BCUT2D eigenvalue weighted by atomic mass is 19.4. The smallest absolute Gasteiger partial charge is 0.475 e. The Balaban J connectivity index is 0.000000360. The second-order valence-corrected chi connectivity index (χ2v) is 7.70. The first kappa shape index (κ1) is 24.1. The summed E-state index contributed by atoms with van der Waals surface area (Å²) in [6.07, 6.45) is -0.375. The van der Waals surface area contributed by atoms with E-state index in [1.54, 1.807) is 0 Å². The van der Waals surface area contributed by atoms with Gasteiger partial charge in [0.2, 0.25) is 11.9 Å². The fraction of sp³-hybridized carbons (Fsp3) is 0.684. The van der Waals surface area contributed by atoms with Crippen molar-refractivity contribution >= 4 is 17.8 Å². The van der Waals surface area contributed by atoms with E-state index in [2.05, 4.69) is 19.8 Å². The van der Waals surface area contributed by atoms with Crippen molar-refractivity contribution in [3.05, 3.63) is 18.2 Å². The summed E-state index contributed by atoms with van der Waals surface area (Å²) >= 11 is 0. The van der Waals surface area contributed by atoms with Crippen LogP contribution in [0.15, 0.2) is 12.4 Å². The van der Waals surface area contributed by atoms with Gasteiger partial charge in [0.25, 0.3) is 0 Å². The number of halogens is 4. The van der Waals surface area contributed by atoms with E-state index in [4.69, 9.17) is 14.6 Å². The van der Waals surface area contributed by atoms with Gasteiger partial charge in [0, 0.05) is 39.1 Å². The van der Waals surface area contributed by atoms with E-state index in [9.17, 15) is 22.4 Å². The van der Waals surface area contributed by atoms with Crippen LogP contribution in [0.1, 0.15) is 19.3 Å². The predicted molar refractivity (Wildman–Crippen MR) is 103 cm³/mol. The van der Waals surface area contributed by atoms with Crippen LogP contribution in [0.4, 0.5) is 23.5 Å². The maximum atomic E-state index is 13.1. The molecule has 3 aliphatic rings. The van der Waals surface area contributed by atoms with Gasteiger partial charge in [-0.2, -0.15) is 13.2 Å². The Bertz CT molecular complexity index is 789. The highest BCUT2D eigenvalue weighted by Gasteiger charge is 2.44. The van der Waals surface area contributed by atoms with E-state index in [1.807, 2.05) is 4.90 Å². The van der Waals surface area contributed by atoms with E-state index in [-0.39, 0.29) is 18.0 Å². The molecule has 0 radical (unpaired) electrons. The molecule has 1 aromatic heterocycles. The SMILES string of the molecule is O=C(O)C(F)(F)F.O=C1CC[C@H]2[C@H](CCN2c2ncc(F)cn2)N1CCN1CCOCC1. The Morgan fingerprint density at radius 3 is 2.31 bits per heavy atom. The summed E-state index contributed by atoms with van der Waals surface area (Å²) in [6.45, 7) is 5.88.